The minimum Gasteiger partial charge on any atom is -0.508 e. The van der Waals surface area contributed by atoms with E-state index in [2.05, 4.69) is 16.0 Å². The lowest BCUT2D eigenvalue weighted by molar-refractivity contribution is 0.262. The Labute approximate surface area is 144 Å². The zero-order valence-corrected chi connectivity index (χ0v) is 13.2. The minimum absolute atomic E-state index is 0.133. The molecular weight excluding hydrogens is 318 g/mol. The standard InChI is InChI=1S/C19H17N3O3/c23-17-10-16(11-18(24)12-17)22-19(25)21-15-8-6-14(7-9-15)20-13-4-2-1-3-5-13/h1-12,20,23-24H,(H2,21,22,25). The molecule has 3 aromatic carbocycles. The number of phenols is 2. The Bertz CT molecular complexity index is 845. The van der Waals surface area contributed by atoms with E-state index in [9.17, 15) is 15.0 Å². The third kappa shape index (κ3) is 4.65. The number of carbonyl (C=O) groups excluding carboxylic acids is 1. The fourth-order valence-corrected chi connectivity index (χ4v) is 2.29. The Morgan fingerprint density at radius 3 is 1.80 bits per heavy atom. The van der Waals surface area contributed by atoms with Crippen LogP contribution in [0.4, 0.5) is 27.5 Å². The SMILES string of the molecule is O=C(Nc1ccc(Nc2ccccc2)cc1)Nc1cc(O)cc(O)c1. The van der Waals surface area contributed by atoms with Gasteiger partial charge in [-0.25, -0.2) is 4.79 Å². The van der Waals surface area contributed by atoms with Gasteiger partial charge in [0, 0.05) is 40.9 Å². The number of anilines is 4. The summed E-state index contributed by atoms with van der Waals surface area (Å²) in [5, 5.41) is 27.3. The molecule has 0 unspecified atom stereocenters. The molecule has 2 amide bonds. The number of benzene rings is 3. The van der Waals surface area contributed by atoms with Gasteiger partial charge in [-0.2, -0.15) is 0 Å². The molecule has 25 heavy (non-hydrogen) atoms. The lowest BCUT2D eigenvalue weighted by Crippen LogP contribution is -2.19. The van der Waals surface area contributed by atoms with E-state index in [1.807, 2.05) is 42.5 Å². The van der Waals surface area contributed by atoms with Crippen LogP contribution in [0.1, 0.15) is 0 Å². The molecule has 3 rings (SSSR count). The summed E-state index contributed by atoms with van der Waals surface area (Å²) in [6.45, 7) is 0. The van der Waals surface area contributed by atoms with Crippen LogP contribution in [0, 0.1) is 0 Å². The van der Waals surface area contributed by atoms with Crippen LogP contribution in [0.2, 0.25) is 0 Å². The smallest absolute Gasteiger partial charge is 0.323 e. The van der Waals surface area contributed by atoms with Gasteiger partial charge in [0.1, 0.15) is 11.5 Å². The summed E-state index contributed by atoms with van der Waals surface area (Å²) in [7, 11) is 0. The van der Waals surface area contributed by atoms with Crippen molar-refractivity contribution in [3.63, 3.8) is 0 Å². The zero-order valence-electron chi connectivity index (χ0n) is 13.2. The maximum absolute atomic E-state index is 12.0. The number of carbonyl (C=O) groups is 1. The summed E-state index contributed by atoms with van der Waals surface area (Å²) in [6, 6.07) is 20.4. The summed E-state index contributed by atoms with van der Waals surface area (Å²) < 4.78 is 0. The number of phenolic OH excluding ortho intramolecular Hbond substituents is 2. The van der Waals surface area contributed by atoms with E-state index < -0.39 is 6.03 Å². The number of nitrogens with one attached hydrogen (secondary N) is 3. The topological polar surface area (TPSA) is 93.6 Å². The van der Waals surface area contributed by atoms with E-state index in [1.54, 1.807) is 12.1 Å². The van der Waals surface area contributed by atoms with Crippen molar-refractivity contribution in [1.82, 2.24) is 0 Å². The van der Waals surface area contributed by atoms with Crippen molar-refractivity contribution in [2.24, 2.45) is 0 Å². The molecule has 6 nitrogen and oxygen atoms in total. The molecule has 0 saturated heterocycles. The van der Waals surface area contributed by atoms with E-state index >= 15 is 0 Å². The highest BCUT2D eigenvalue weighted by molar-refractivity contribution is 6.00. The predicted octanol–water partition coefficient (Wildman–Crippen LogP) is 4.49. The molecule has 0 spiro atoms. The number of amides is 2. The highest BCUT2D eigenvalue weighted by atomic mass is 16.3. The van der Waals surface area contributed by atoms with Crippen LogP contribution in [0.15, 0.2) is 72.8 Å². The van der Waals surface area contributed by atoms with Crippen molar-refractivity contribution >= 4 is 28.8 Å². The molecule has 0 fully saturated rings. The van der Waals surface area contributed by atoms with Gasteiger partial charge in [-0.1, -0.05) is 18.2 Å². The number of aromatic hydroxyl groups is 2. The fourth-order valence-electron chi connectivity index (χ4n) is 2.29. The third-order valence-electron chi connectivity index (χ3n) is 3.37. The molecule has 0 bridgehead atoms. The number of urea groups is 1. The fraction of sp³-hybridized carbons (Fsp3) is 0. The average Bonchev–Trinajstić information content (AvgIpc) is 2.56. The number of hydrogen-bond acceptors (Lipinski definition) is 4. The summed E-state index contributed by atoms with van der Waals surface area (Å²) in [4.78, 5) is 12.0. The molecule has 126 valence electrons. The van der Waals surface area contributed by atoms with Gasteiger partial charge in [0.25, 0.3) is 0 Å². The Morgan fingerprint density at radius 2 is 1.16 bits per heavy atom. The van der Waals surface area contributed by atoms with Gasteiger partial charge in [0.2, 0.25) is 0 Å². The molecule has 6 heteroatoms. The molecule has 3 aromatic rings. The Kier molecular flexibility index (Phi) is 4.71. The van der Waals surface area contributed by atoms with Crippen molar-refractivity contribution in [2.45, 2.75) is 0 Å². The molecule has 0 heterocycles. The number of hydrogen-bond donors (Lipinski definition) is 5. The summed E-state index contributed by atoms with van der Waals surface area (Å²) in [5.41, 5.74) is 2.78. The van der Waals surface area contributed by atoms with Crippen molar-refractivity contribution < 1.29 is 15.0 Å². The number of rotatable bonds is 4. The lowest BCUT2D eigenvalue weighted by atomic mass is 10.2. The number of para-hydroxylation sites is 1. The second-order valence-corrected chi connectivity index (χ2v) is 5.39. The maximum Gasteiger partial charge on any atom is 0.323 e. The molecule has 5 N–H and O–H groups in total. The monoisotopic (exact) mass is 335 g/mol. The Morgan fingerprint density at radius 1 is 0.640 bits per heavy atom. The first-order valence-electron chi connectivity index (χ1n) is 7.62. The van der Waals surface area contributed by atoms with Crippen LogP contribution < -0.4 is 16.0 Å². The van der Waals surface area contributed by atoms with Crippen molar-refractivity contribution in [3.8, 4) is 11.5 Å². The third-order valence-corrected chi connectivity index (χ3v) is 3.37. The normalized spacial score (nSPS) is 10.1. The van der Waals surface area contributed by atoms with Crippen LogP contribution >= 0.6 is 0 Å². The van der Waals surface area contributed by atoms with Gasteiger partial charge >= 0.3 is 6.03 Å². The predicted molar refractivity (Wildman–Crippen MR) is 98.6 cm³/mol. The van der Waals surface area contributed by atoms with E-state index in [0.29, 0.717) is 5.69 Å². The van der Waals surface area contributed by atoms with E-state index in [4.69, 9.17) is 0 Å². The van der Waals surface area contributed by atoms with Gasteiger partial charge < -0.3 is 26.2 Å². The van der Waals surface area contributed by atoms with E-state index in [-0.39, 0.29) is 17.2 Å². The van der Waals surface area contributed by atoms with Gasteiger partial charge in [-0.05, 0) is 36.4 Å². The second-order valence-electron chi connectivity index (χ2n) is 5.39. The zero-order chi connectivity index (χ0) is 17.6. The maximum atomic E-state index is 12.0. The first kappa shape index (κ1) is 16.2. The van der Waals surface area contributed by atoms with Crippen molar-refractivity contribution in [3.05, 3.63) is 72.8 Å². The minimum atomic E-state index is -0.478. The van der Waals surface area contributed by atoms with Crippen LogP contribution in [0.25, 0.3) is 0 Å². The van der Waals surface area contributed by atoms with E-state index in [1.165, 1.54) is 18.2 Å². The molecule has 0 aliphatic heterocycles. The molecule has 0 aliphatic carbocycles. The van der Waals surface area contributed by atoms with Gasteiger partial charge in [-0.15, -0.1) is 0 Å². The highest BCUT2D eigenvalue weighted by Gasteiger charge is 2.05. The molecular formula is C19H17N3O3. The molecule has 0 saturated carbocycles. The van der Waals surface area contributed by atoms with Crippen LogP contribution in [0.5, 0.6) is 11.5 Å². The van der Waals surface area contributed by atoms with Gasteiger partial charge in [-0.3, -0.25) is 0 Å². The van der Waals surface area contributed by atoms with Crippen molar-refractivity contribution in [1.29, 1.82) is 0 Å². The molecule has 0 aliphatic rings. The second kappa shape index (κ2) is 7.27. The van der Waals surface area contributed by atoms with Crippen LogP contribution in [-0.4, -0.2) is 16.2 Å². The summed E-state index contributed by atoms with van der Waals surface area (Å²) in [5.74, 6) is -0.265. The summed E-state index contributed by atoms with van der Waals surface area (Å²) in [6.07, 6.45) is 0. The molecule has 0 radical (unpaired) electrons. The Balaban J connectivity index is 1.60. The van der Waals surface area contributed by atoms with Crippen molar-refractivity contribution in [2.75, 3.05) is 16.0 Å². The first-order chi connectivity index (χ1) is 12.1. The quantitative estimate of drug-likeness (QED) is 0.486. The molecule has 0 atom stereocenters. The van der Waals surface area contributed by atoms with Crippen LogP contribution in [-0.2, 0) is 0 Å². The lowest BCUT2D eigenvalue weighted by Gasteiger charge is -2.10. The van der Waals surface area contributed by atoms with E-state index in [0.717, 1.165) is 11.4 Å². The first-order valence-corrected chi connectivity index (χ1v) is 7.62. The molecule has 0 aromatic heterocycles. The van der Waals surface area contributed by atoms with Crippen LogP contribution in [0.3, 0.4) is 0 Å². The highest BCUT2D eigenvalue weighted by Crippen LogP contribution is 2.24. The van der Waals surface area contributed by atoms with Gasteiger partial charge in [0.05, 0.1) is 0 Å². The average molecular weight is 335 g/mol. The summed E-state index contributed by atoms with van der Waals surface area (Å²) >= 11 is 0. The largest absolute Gasteiger partial charge is 0.508 e. The Hall–Kier alpha value is -3.67. The van der Waals surface area contributed by atoms with Gasteiger partial charge in [0.15, 0.2) is 0 Å².